The van der Waals surface area contributed by atoms with Crippen LogP contribution < -0.4 is 15.5 Å². The van der Waals surface area contributed by atoms with Gasteiger partial charge < -0.3 is 15.2 Å². The molecule has 8 nitrogen and oxygen atoms in total. The summed E-state index contributed by atoms with van der Waals surface area (Å²) in [5, 5.41) is 9.86. The fourth-order valence-electron chi connectivity index (χ4n) is 4.19. The van der Waals surface area contributed by atoms with E-state index < -0.39 is 17.5 Å². The fraction of sp³-hybridized carbons (Fsp3) is 0.419. The Bertz CT molecular complexity index is 1320. The molecule has 2 aromatic carbocycles. The van der Waals surface area contributed by atoms with Crippen LogP contribution in [0, 0.1) is 6.92 Å². The Hall–Kier alpha value is -3.65. The number of halogens is 1. The third kappa shape index (κ3) is 7.94. The summed E-state index contributed by atoms with van der Waals surface area (Å²) < 4.78 is 4.99. The lowest BCUT2D eigenvalue weighted by atomic mass is 9.96. The van der Waals surface area contributed by atoms with E-state index in [0.29, 0.717) is 34.4 Å². The average molecular weight is 567 g/mol. The van der Waals surface area contributed by atoms with E-state index in [1.165, 1.54) is 4.90 Å². The third-order valence-electron chi connectivity index (χ3n) is 7.13. The number of hydrogen-bond acceptors (Lipinski definition) is 5. The van der Waals surface area contributed by atoms with Crippen molar-refractivity contribution in [1.82, 2.24) is 10.5 Å². The number of rotatable bonds is 12. The number of aryl methyl sites for hydroxylation is 1. The van der Waals surface area contributed by atoms with Gasteiger partial charge in [-0.3, -0.25) is 19.3 Å². The van der Waals surface area contributed by atoms with Crippen molar-refractivity contribution in [3.8, 4) is 0 Å². The predicted octanol–water partition coefficient (Wildman–Crippen LogP) is 6.95. The number of nitrogens with one attached hydrogen (secondary N) is 2. The maximum absolute atomic E-state index is 13.9. The van der Waals surface area contributed by atoms with Gasteiger partial charge in [-0.25, -0.2) is 0 Å². The van der Waals surface area contributed by atoms with Crippen LogP contribution in [0.15, 0.2) is 59.1 Å². The van der Waals surface area contributed by atoms with Gasteiger partial charge >= 0.3 is 0 Å². The van der Waals surface area contributed by atoms with Gasteiger partial charge in [-0.15, -0.1) is 0 Å². The Morgan fingerprint density at radius 3 is 2.30 bits per heavy atom. The van der Waals surface area contributed by atoms with Crippen LogP contribution in [0.4, 0.5) is 11.5 Å². The molecule has 0 aliphatic rings. The van der Waals surface area contributed by atoms with Gasteiger partial charge in [-0.1, -0.05) is 67.9 Å². The van der Waals surface area contributed by atoms with Crippen LogP contribution in [0.3, 0.4) is 0 Å². The first-order chi connectivity index (χ1) is 19.0. The molecular formula is C31H39ClN4O4. The first-order valence-electron chi connectivity index (χ1n) is 13.7. The minimum Gasteiger partial charge on any atom is -0.360 e. The van der Waals surface area contributed by atoms with Crippen molar-refractivity contribution in [2.24, 2.45) is 0 Å². The minimum atomic E-state index is -1.05. The number of aromatic nitrogens is 1. The quantitative estimate of drug-likeness (QED) is 0.247. The van der Waals surface area contributed by atoms with Gasteiger partial charge in [-0.05, 0) is 63.3 Å². The molecule has 2 atom stereocenters. The Morgan fingerprint density at radius 1 is 1.05 bits per heavy atom. The highest BCUT2D eigenvalue weighted by Crippen LogP contribution is 2.34. The van der Waals surface area contributed by atoms with Crippen molar-refractivity contribution in [1.29, 1.82) is 0 Å². The van der Waals surface area contributed by atoms with Crippen LogP contribution in [-0.2, 0) is 14.4 Å². The molecule has 2 N–H and O–H groups in total. The van der Waals surface area contributed by atoms with Gasteiger partial charge in [0.25, 0.3) is 0 Å². The van der Waals surface area contributed by atoms with Crippen molar-refractivity contribution in [2.75, 3.05) is 10.2 Å². The smallest absolute Gasteiger partial charge is 0.248 e. The Balaban J connectivity index is 2.01. The molecule has 0 saturated heterocycles. The van der Waals surface area contributed by atoms with Crippen LogP contribution in [-0.4, -0.2) is 28.4 Å². The summed E-state index contributed by atoms with van der Waals surface area (Å²) in [7, 11) is 0. The molecule has 1 aromatic heterocycles. The first kappa shape index (κ1) is 30.9. The standard InChI is InChI=1S/C31H39ClN4O4/c1-7-20(3)22-13-15-23(16-14-22)36(28(38)18-17-27(37)33-26-19-21(4)40-35-26)29(24-11-9-10-12-25(24)32)30(39)34-31(5,6)8-2/h9-16,19-20,29H,7-8,17-18H2,1-6H3,(H,34,39)(H,33,35,37)/t20-,29-/m0/s1. The topological polar surface area (TPSA) is 105 Å². The summed E-state index contributed by atoms with van der Waals surface area (Å²) in [5.41, 5.74) is 1.66. The summed E-state index contributed by atoms with van der Waals surface area (Å²) in [6, 6.07) is 15.2. The Labute approximate surface area is 241 Å². The van der Waals surface area contributed by atoms with Gasteiger partial charge in [0.1, 0.15) is 11.8 Å². The van der Waals surface area contributed by atoms with Crippen LogP contribution in [0.25, 0.3) is 0 Å². The highest BCUT2D eigenvalue weighted by atomic mass is 35.5. The number of carbonyl (C=O) groups is 3. The summed E-state index contributed by atoms with van der Waals surface area (Å²) in [6.07, 6.45) is 1.41. The summed E-state index contributed by atoms with van der Waals surface area (Å²) in [4.78, 5) is 41.9. The maximum atomic E-state index is 13.9. The molecule has 0 unspecified atom stereocenters. The summed E-state index contributed by atoms with van der Waals surface area (Å²) in [6.45, 7) is 11.8. The molecular weight excluding hydrogens is 528 g/mol. The highest BCUT2D eigenvalue weighted by Gasteiger charge is 2.36. The second kappa shape index (κ2) is 13.6. The van der Waals surface area contributed by atoms with Crippen molar-refractivity contribution < 1.29 is 18.9 Å². The molecule has 0 aliphatic carbocycles. The number of anilines is 2. The first-order valence-corrected chi connectivity index (χ1v) is 14.0. The molecule has 3 aromatic rings. The number of nitrogens with zero attached hydrogens (tertiary/aromatic N) is 2. The van der Waals surface area contributed by atoms with Crippen molar-refractivity contribution in [3.05, 3.63) is 76.5 Å². The molecule has 3 amide bonds. The average Bonchev–Trinajstić information content (AvgIpc) is 3.34. The molecule has 0 bridgehead atoms. The number of amides is 3. The molecule has 3 rings (SSSR count). The number of carbonyl (C=O) groups excluding carboxylic acids is 3. The molecule has 0 aliphatic heterocycles. The molecule has 9 heteroatoms. The van der Waals surface area contributed by atoms with E-state index in [2.05, 4.69) is 29.6 Å². The van der Waals surface area contributed by atoms with Crippen molar-refractivity contribution in [2.45, 2.75) is 84.7 Å². The fourth-order valence-corrected chi connectivity index (χ4v) is 4.43. The summed E-state index contributed by atoms with van der Waals surface area (Å²) >= 11 is 6.61. The molecule has 214 valence electrons. The van der Waals surface area contributed by atoms with Gasteiger partial charge in [0, 0.05) is 40.7 Å². The number of benzene rings is 2. The molecule has 1 heterocycles. The van der Waals surface area contributed by atoms with E-state index in [4.69, 9.17) is 16.1 Å². The predicted molar refractivity (Wildman–Crippen MR) is 158 cm³/mol. The normalized spacial score (nSPS) is 12.9. The lowest BCUT2D eigenvalue weighted by Gasteiger charge is -2.35. The molecule has 0 saturated carbocycles. The largest absolute Gasteiger partial charge is 0.360 e. The van der Waals surface area contributed by atoms with Crippen LogP contribution in [0.2, 0.25) is 5.02 Å². The number of hydrogen-bond donors (Lipinski definition) is 2. The van der Waals surface area contributed by atoms with Crippen LogP contribution >= 0.6 is 11.6 Å². The van der Waals surface area contributed by atoms with E-state index in [1.807, 2.05) is 45.0 Å². The van der Waals surface area contributed by atoms with E-state index in [-0.39, 0.29) is 30.5 Å². The van der Waals surface area contributed by atoms with E-state index in [1.54, 1.807) is 37.3 Å². The zero-order chi connectivity index (χ0) is 29.4. The van der Waals surface area contributed by atoms with Gasteiger partial charge in [-0.2, -0.15) is 0 Å². The van der Waals surface area contributed by atoms with Crippen LogP contribution in [0.5, 0.6) is 0 Å². The van der Waals surface area contributed by atoms with E-state index in [0.717, 1.165) is 12.0 Å². The zero-order valence-corrected chi connectivity index (χ0v) is 24.8. The van der Waals surface area contributed by atoms with Gasteiger partial charge in [0.05, 0.1) is 0 Å². The van der Waals surface area contributed by atoms with Gasteiger partial charge in [0.2, 0.25) is 17.7 Å². The SMILES string of the molecule is CC[C@H](C)c1ccc(N(C(=O)CCC(=O)Nc2cc(C)on2)[C@H](C(=O)NC(C)(C)CC)c2ccccc2Cl)cc1. The lowest BCUT2D eigenvalue weighted by molar-refractivity contribution is -0.128. The van der Waals surface area contributed by atoms with Crippen molar-refractivity contribution >= 4 is 40.8 Å². The van der Waals surface area contributed by atoms with E-state index in [9.17, 15) is 14.4 Å². The minimum absolute atomic E-state index is 0.108. The Kier molecular flexibility index (Phi) is 10.5. The highest BCUT2D eigenvalue weighted by molar-refractivity contribution is 6.31. The van der Waals surface area contributed by atoms with E-state index >= 15 is 0 Å². The van der Waals surface area contributed by atoms with Crippen molar-refractivity contribution in [3.63, 3.8) is 0 Å². The second-order valence-electron chi connectivity index (χ2n) is 10.7. The third-order valence-corrected chi connectivity index (χ3v) is 7.48. The molecule has 0 fully saturated rings. The molecule has 40 heavy (non-hydrogen) atoms. The monoisotopic (exact) mass is 566 g/mol. The second-order valence-corrected chi connectivity index (χ2v) is 11.1. The van der Waals surface area contributed by atoms with Crippen LogP contribution in [0.1, 0.15) is 89.1 Å². The Morgan fingerprint density at radius 2 is 1.73 bits per heavy atom. The van der Waals surface area contributed by atoms with Gasteiger partial charge in [0.15, 0.2) is 5.82 Å². The maximum Gasteiger partial charge on any atom is 0.248 e. The lowest BCUT2D eigenvalue weighted by Crippen LogP contribution is -2.50. The summed E-state index contributed by atoms with van der Waals surface area (Å²) in [5.74, 6) is 0.0400. The molecule has 0 spiro atoms. The zero-order valence-electron chi connectivity index (χ0n) is 24.1. The molecule has 0 radical (unpaired) electrons.